The Morgan fingerprint density at radius 1 is 1.45 bits per heavy atom. The molecule has 0 amide bonds. The summed E-state index contributed by atoms with van der Waals surface area (Å²) in [6, 6.07) is 5.26. The minimum Gasteiger partial charge on any atom is -0.310 e. The third-order valence-electron chi connectivity index (χ3n) is 3.71. The summed E-state index contributed by atoms with van der Waals surface area (Å²) >= 11 is 6.03. The van der Waals surface area contributed by atoms with Gasteiger partial charge >= 0.3 is 0 Å². The molecule has 1 aromatic carbocycles. The van der Waals surface area contributed by atoms with Gasteiger partial charge in [0.25, 0.3) is 0 Å². The first-order chi connectivity index (χ1) is 9.56. The molecule has 2 nitrogen and oxygen atoms in total. The highest BCUT2D eigenvalue weighted by atomic mass is 35.5. The number of benzene rings is 1. The minimum absolute atomic E-state index is 0.232. The second-order valence-electron chi connectivity index (χ2n) is 5.59. The van der Waals surface area contributed by atoms with Gasteiger partial charge in [0.05, 0.1) is 0 Å². The Balaban J connectivity index is 1.80. The summed E-state index contributed by atoms with van der Waals surface area (Å²) in [5.41, 5.74) is 1.77. The largest absolute Gasteiger partial charge is 0.310 e. The summed E-state index contributed by atoms with van der Waals surface area (Å²) in [7, 11) is 0. The maximum absolute atomic E-state index is 13.7. The number of likely N-dealkylation sites (tertiary alicyclic amines) is 1. The maximum Gasteiger partial charge on any atom is 0.129 e. The molecule has 20 heavy (non-hydrogen) atoms. The molecule has 110 valence electrons. The summed E-state index contributed by atoms with van der Waals surface area (Å²) in [5, 5.41) is 3.92. The van der Waals surface area contributed by atoms with Crippen LogP contribution < -0.4 is 5.32 Å². The molecule has 1 N–H and O–H groups in total. The van der Waals surface area contributed by atoms with Crippen molar-refractivity contribution in [3.05, 3.63) is 46.8 Å². The van der Waals surface area contributed by atoms with Crippen molar-refractivity contribution < 1.29 is 4.39 Å². The normalized spacial score (nSPS) is 17.4. The van der Waals surface area contributed by atoms with Crippen LogP contribution in [0, 0.1) is 5.82 Å². The molecule has 4 heteroatoms. The van der Waals surface area contributed by atoms with Crippen molar-refractivity contribution in [1.82, 2.24) is 10.2 Å². The lowest BCUT2D eigenvalue weighted by Crippen LogP contribution is -2.42. The fourth-order valence-corrected chi connectivity index (χ4v) is 2.85. The number of nitrogens with zero attached hydrogens (tertiary/aromatic N) is 1. The van der Waals surface area contributed by atoms with Gasteiger partial charge in [-0.05, 0) is 45.0 Å². The van der Waals surface area contributed by atoms with E-state index in [1.165, 1.54) is 11.6 Å². The zero-order chi connectivity index (χ0) is 14.5. The number of rotatable bonds is 5. The monoisotopic (exact) mass is 296 g/mol. The van der Waals surface area contributed by atoms with Gasteiger partial charge in [-0.2, -0.15) is 0 Å². The zero-order valence-corrected chi connectivity index (χ0v) is 12.7. The molecule has 1 saturated heterocycles. The number of hydrogen-bond acceptors (Lipinski definition) is 2. The number of piperidine rings is 1. The highest BCUT2D eigenvalue weighted by Gasteiger charge is 2.19. The van der Waals surface area contributed by atoms with E-state index in [1.54, 1.807) is 12.1 Å². The number of halogens is 2. The highest BCUT2D eigenvalue weighted by Crippen LogP contribution is 2.19. The first-order valence-corrected chi connectivity index (χ1v) is 7.47. The van der Waals surface area contributed by atoms with Crippen LogP contribution in [0.3, 0.4) is 0 Å². The molecule has 0 aliphatic carbocycles. The lowest BCUT2D eigenvalue weighted by atomic mass is 10.0. The minimum atomic E-state index is -0.232. The predicted octanol–water partition coefficient (Wildman–Crippen LogP) is 3.61. The van der Waals surface area contributed by atoms with E-state index in [0.29, 0.717) is 23.2 Å². The molecule has 0 aromatic heterocycles. The van der Waals surface area contributed by atoms with Gasteiger partial charge in [0.2, 0.25) is 0 Å². The van der Waals surface area contributed by atoms with Gasteiger partial charge in [0.1, 0.15) is 5.82 Å². The van der Waals surface area contributed by atoms with Crippen molar-refractivity contribution in [2.75, 3.05) is 19.6 Å². The summed E-state index contributed by atoms with van der Waals surface area (Å²) < 4.78 is 13.7. The van der Waals surface area contributed by atoms with Crippen molar-refractivity contribution in [2.45, 2.75) is 32.4 Å². The SMILES string of the molecule is C=C(C)CN1CCC(NCc2c(F)cccc2Cl)CC1. The highest BCUT2D eigenvalue weighted by molar-refractivity contribution is 6.31. The molecule has 0 saturated carbocycles. The van der Waals surface area contributed by atoms with Crippen LogP contribution in [0.5, 0.6) is 0 Å². The zero-order valence-electron chi connectivity index (χ0n) is 12.0. The van der Waals surface area contributed by atoms with Gasteiger partial charge in [0.15, 0.2) is 0 Å². The Bertz CT molecular complexity index is 447. The first kappa shape index (κ1) is 15.5. The van der Waals surface area contributed by atoms with Crippen LogP contribution >= 0.6 is 11.6 Å². The van der Waals surface area contributed by atoms with Crippen LogP contribution in [0.15, 0.2) is 30.4 Å². The molecule has 0 radical (unpaired) electrons. The Hall–Kier alpha value is -0.900. The molecular formula is C16H22ClFN2. The summed E-state index contributed by atoms with van der Waals surface area (Å²) in [6.07, 6.45) is 2.17. The Kier molecular flexibility index (Phi) is 5.58. The van der Waals surface area contributed by atoms with E-state index in [1.807, 2.05) is 0 Å². The lowest BCUT2D eigenvalue weighted by Gasteiger charge is -2.32. The third-order valence-corrected chi connectivity index (χ3v) is 4.06. The van der Waals surface area contributed by atoms with Crippen LogP contribution in [0.1, 0.15) is 25.3 Å². The molecule has 2 rings (SSSR count). The summed E-state index contributed by atoms with van der Waals surface area (Å²) in [4.78, 5) is 2.41. The van der Waals surface area contributed by atoms with Gasteiger partial charge in [-0.1, -0.05) is 29.8 Å². The second-order valence-corrected chi connectivity index (χ2v) is 6.00. The van der Waals surface area contributed by atoms with Gasteiger partial charge < -0.3 is 5.32 Å². The topological polar surface area (TPSA) is 15.3 Å². The van der Waals surface area contributed by atoms with Gasteiger partial charge in [-0.3, -0.25) is 4.90 Å². The average molecular weight is 297 g/mol. The van der Waals surface area contributed by atoms with E-state index < -0.39 is 0 Å². The summed E-state index contributed by atoms with van der Waals surface area (Å²) in [5.74, 6) is -0.232. The Morgan fingerprint density at radius 3 is 2.75 bits per heavy atom. The van der Waals surface area contributed by atoms with E-state index in [-0.39, 0.29) is 5.82 Å². The maximum atomic E-state index is 13.7. The average Bonchev–Trinajstić information content (AvgIpc) is 2.39. The third kappa shape index (κ3) is 4.30. The molecule has 0 unspecified atom stereocenters. The van der Waals surface area contributed by atoms with E-state index in [9.17, 15) is 4.39 Å². The standard InChI is InChI=1S/C16H22ClFN2/c1-12(2)11-20-8-6-13(7-9-20)19-10-14-15(17)4-3-5-16(14)18/h3-5,13,19H,1,6-11H2,2H3. The molecule has 1 heterocycles. The van der Waals surface area contributed by atoms with Crippen molar-refractivity contribution >= 4 is 11.6 Å². The van der Waals surface area contributed by atoms with Gasteiger partial charge in [-0.15, -0.1) is 0 Å². The summed E-state index contributed by atoms with van der Waals surface area (Å²) in [6.45, 7) is 9.61. The lowest BCUT2D eigenvalue weighted by molar-refractivity contribution is 0.211. The Labute approximate surface area is 125 Å². The van der Waals surface area contributed by atoms with Crippen molar-refractivity contribution in [2.24, 2.45) is 0 Å². The van der Waals surface area contributed by atoms with Crippen LogP contribution in [-0.4, -0.2) is 30.6 Å². The Morgan fingerprint density at radius 2 is 2.15 bits per heavy atom. The van der Waals surface area contributed by atoms with Gasteiger partial charge in [0, 0.05) is 29.7 Å². The number of hydrogen-bond donors (Lipinski definition) is 1. The van der Waals surface area contributed by atoms with Crippen molar-refractivity contribution in [3.63, 3.8) is 0 Å². The molecule has 1 aromatic rings. The van der Waals surface area contributed by atoms with Crippen LogP contribution in [-0.2, 0) is 6.54 Å². The fourth-order valence-electron chi connectivity index (χ4n) is 2.62. The first-order valence-electron chi connectivity index (χ1n) is 7.09. The van der Waals surface area contributed by atoms with E-state index in [2.05, 4.69) is 23.7 Å². The smallest absolute Gasteiger partial charge is 0.129 e. The van der Waals surface area contributed by atoms with Crippen LogP contribution in [0.25, 0.3) is 0 Å². The fraction of sp³-hybridized carbons (Fsp3) is 0.500. The van der Waals surface area contributed by atoms with Crippen molar-refractivity contribution in [3.8, 4) is 0 Å². The van der Waals surface area contributed by atoms with E-state index in [4.69, 9.17) is 11.6 Å². The molecule has 1 aliphatic heterocycles. The molecule has 0 spiro atoms. The predicted molar refractivity (Wildman–Crippen MR) is 82.5 cm³/mol. The molecule has 0 bridgehead atoms. The molecule has 1 fully saturated rings. The van der Waals surface area contributed by atoms with Crippen LogP contribution in [0.2, 0.25) is 5.02 Å². The molecular weight excluding hydrogens is 275 g/mol. The molecule has 1 aliphatic rings. The number of nitrogens with one attached hydrogen (secondary N) is 1. The van der Waals surface area contributed by atoms with E-state index >= 15 is 0 Å². The quantitative estimate of drug-likeness (QED) is 0.835. The van der Waals surface area contributed by atoms with Gasteiger partial charge in [-0.25, -0.2) is 4.39 Å². The molecule has 0 atom stereocenters. The van der Waals surface area contributed by atoms with E-state index in [0.717, 1.165) is 32.5 Å². The van der Waals surface area contributed by atoms with Crippen molar-refractivity contribution in [1.29, 1.82) is 0 Å². The second kappa shape index (κ2) is 7.21. The van der Waals surface area contributed by atoms with Crippen LogP contribution in [0.4, 0.5) is 4.39 Å².